The lowest BCUT2D eigenvalue weighted by Gasteiger charge is -2.14. The molecular weight excluding hydrogens is 368 g/mol. The van der Waals surface area contributed by atoms with Crippen LogP contribution in [0.2, 0.25) is 0 Å². The number of pyridine rings is 2. The molecule has 0 spiro atoms. The van der Waals surface area contributed by atoms with Crippen molar-refractivity contribution in [2.75, 3.05) is 14.2 Å². The number of rotatable bonds is 6. The number of aryl methyl sites for hydroxylation is 1. The van der Waals surface area contributed by atoms with Crippen LogP contribution >= 0.6 is 0 Å². The van der Waals surface area contributed by atoms with Crippen LogP contribution in [0.4, 0.5) is 0 Å². The quantitative estimate of drug-likeness (QED) is 0.482. The maximum Gasteiger partial charge on any atom is 0.181 e. The molecule has 0 aliphatic rings. The van der Waals surface area contributed by atoms with Crippen molar-refractivity contribution in [3.8, 4) is 34.5 Å². The molecule has 1 aromatic carbocycles. The molecule has 0 atom stereocenters. The van der Waals surface area contributed by atoms with Gasteiger partial charge in [-0.25, -0.2) is 15.0 Å². The number of fused-ring (bicyclic) bond motifs is 1. The van der Waals surface area contributed by atoms with Gasteiger partial charge in [0, 0.05) is 35.7 Å². The summed E-state index contributed by atoms with van der Waals surface area (Å²) in [4.78, 5) is 17.8. The standard InChI is InChI=1S/C22H20N4O3/c1-4-14-6-7-18(21(26-14)22-24-9-5-10-25-22)29-17-8-11-23-16-13-20(28-3)19(27-2)12-15(16)17/h5-13H,4H2,1-3H3. The van der Waals surface area contributed by atoms with Crippen LogP contribution in [0.25, 0.3) is 22.4 Å². The third kappa shape index (κ3) is 3.67. The Kier molecular flexibility index (Phi) is 5.20. The SMILES string of the molecule is CCc1ccc(Oc2ccnc3cc(OC)c(OC)cc23)c(-c2ncccn2)n1. The number of benzene rings is 1. The van der Waals surface area contributed by atoms with Crippen molar-refractivity contribution in [3.63, 3.8) is 0 Å². The maximum atomic E-state index is 6.27. The average Bonchev–Trinajstić information content (AvgIpc) is 2.79. The molecule has 3 aromatic heterocycles. The second-order valence-corrected chi connectivity index (χ2v) is 6.21. The lowest BCUT2D eigenvalue weighted by Crippen LogP contribution is -1.99. The fraction of sp³-hybridized carbons (Fsp3) is 0.182. The summed E-state index contributed by atoms with van der Waals surface area (Å²) in [7, 11) is 3.19. The minimum absolute atomic E-state index is 0.510. The molecule has 0 saturated carbocycles. The Hall–Kier alpha value is -3.74. The molecule has 0 amide bonds. The molecular formula is C22H20N4O3. The molecule has 0 N–H and O–H groups in total. The lowest BCUT2D eigenvalue weighted by molar-refractivity contribution is 0.355. The van der Waals surface area contributed by atoms with Gasteiger partial charge in [-0.05, 0) is 36.8 Å². The highest BCUT2D eigenvalue weighted by molar-refractivity contribution is 5.88. The minimum Gasteiger partial charge on any atom is -0.493 e. The summed E-state index contributed by atoms with van der Waals surface area (Å²) in [6.45, 7) is 2.05. The maximum absolute atomic E-state index is 6.27. The van der Waals surface area contributed by atoms with Crippen molar-refractivity contribution in [1.29, 1.82) is 0 Å². The number of hydrogen-bond donors (Lipinski definition) is 0. The van der Waals surface area contributed by atoms with E-state index in [1.807, 2.05) is 24.3 Å². The Morgan fingerprint density at radius 3 is 2.28 bits per heavy atom. The molecule has 4 aromatic rings. The number of nitrogens with zero attached hydrogens (tertiary/aromatic N) is 4. The van der Waals surface area contributed by atoms with Crippen molar-refractivity contribution in [1.82, 2.24) is 19.9 Å². The Balaban J connectivity index is 1.83. The van der Waals surface area contributed by atoms with Crippen LogP contribution in [0.5, 0.6) is 23.0 Å². The van der Waals surface area contributed by atoms with E-state index in [0.717, 1.165) is 23.0 Å². The van der Waals surface area contributed by atoms with Gasteiger partial charge in [0.15, 0.2) is 28.8 Å². The Labute approximate surface area is 168 Å². The van der Waals surface area contributed by atoms with E-state index >= 15 is 0 Å². The molecule has 3 heterocycles. The molecule has 29 heavy (non-hydrogen) atoms. The summed E-state index contributed by atoms with van der Waals surface area (Å²) in [5.41, 5.74) is 2.26. The van der Waals surface area contributed by atoms with Crippen LogP contribution in [0.15, 0.2) is 55.0 Å². The first kappa shape index (κ1) is 18.6. The highest BCUT2D eigenvalue weighted by Gasteiger charge is 2.16. The highest BCUT2D eigenvalue weighted by Crippen LogP contribution is 2.38. The largest absolute Gasteiger partial charge is 0.493 e. The fourth-order valence-corrected chi connectivity index (χ4v) is 3.00. The highest BCUT2D eigenvalue weighted by atomic mass is 16.5. The van der Waals surface area contributed by atoms with E-state index in [1.54, 1.807) is 44.9 Å². The summed E-state index contributed by atoms with van der Waals surface area (Å²) < 4.78 is 17.1. The van der Waals surface area contributed by atoms with E-state index in [-0.39, 0.29) is 0 Å². The molecule has 7 nitrogen and oxygen atoms in total. The molecule has 0 aliphatic heterocycles. The molecule has 0 fully saturated rings. The van der Waals surface area contributed by atoms with Crippen LogP contribution in [0.3, 0.4) is 0 Å². The number of aromatic nitrogens is 4. The third-order valence-corrected chi connectivity index (χ3v) is 4.48. The third-order valence-electron chi connectivity index (χ3n) is 4.48. The van der Waals surface area contributed by atoms with Crippen LogP contribution in [0, 0.1) is 0 Å². The van der Waals surface area contributed by atoms with Crippen molar-refractivity contribution in [2.24, 2.45) is 0 Å². The second kappa shape index (κ2) is 8.10. The average molecular weight is 388 g/mol. The molecule has 0 bridgehead atoms. The summed E-state index contributed by atoms with van der Waals surface area (Å²) in [6.07, 6.45) is 5.86. The van der Waals surface area contributed by atoms with Crippen molar-refractivity contribution in [2.45, 2.75) is 13.3 Å². The van der Waals surface area contributed by atoms with Gasteiger partial charge in [-0.3, -0.25) is 4.98 Å². The number of methoxy groups -OCH3 is 2. The Morgan fingerprint density at radius 2 is 1.55 bits per heavy atom. The van der Waals surface area contributed by atoms with Gasteiger partial charge in [-0.2, -0.15) is 0 Å². The second-order valence-electron chi connectivity index (χ2n) is 6.21. The zero-order valence-electron chi connectivity index (χ0n) is 16.4. The van der Waals surface area contributed by atoms with Crippen molar-refractivity contribution in [3.05, 3.63) is 60.7 Å². The lowest BCUT2D eigenvalue weighted by atomic mass is 10.1. The monoisotopic (exact) mass is 388 g/mol. The van der Waals surface area contributed by atoms with E-state index in [0.29, 0.717) is 34.5 Å². The number of ether oxygens (including phenoxy) is 3. The normalized spacial score (nSPS) is 10.7. The predicted molar refractivity (Wildman–Crippen MR) is 110 cm³/mol. The summed E-state index contributed by atoms with van der Waals surface area (Å²) in [5.74, 6) is 2.91. The predicted octanol–water partition coefficient (Wildman–Crippen LogP) is 4.46. The Morgan fingerprint density at radius 1 is 0.793 bits per heavy atom. The first-order valence-corrected chi connectivity index (χ1v) is 9.19. The molecule has 4 rings (SSSR count). The van der Waals surface area contributed by atoms with E-state index in [4.69, 9.17) is 14.2 Å². The summed E-state index contributed by atoms with van der Waals surface area (Å²) in [6, 6.07) is 11.1. The van der Waals surface area contributed by atoms with Gasteiger partial charge in [0.2, 0.25) is 0 Å². The molecule has 0 saturated heterocycles. The van der Waals surface area contributed by atoms with Gasteiger partial charge in [0.1, 0.15) is 5.75 Å². The van der Waals surface area contributed by atoms with Crippen LogP contribution in [-0.4, -0.2) is 34.2 Å². The molecule has 7 heteroatoms. The van der Waals surface area contributed by atoms with E-state index in [1.165, 1.54) is 0 Å². The zero-order chi connectivity index (χ0) is 20.2. The van der Waals surface area contributed by atoms with Crippen LogP contribution < -0.4 is 14.2 Å². The van der Waals surface area contributed by atoms with E-state index in [9.17, 15) is 0 Å². The smallest absolute Gasteiger partial charge is 0.181 e. The first-order chi connectivity index (χ1) is 14.2. The fourth-order valence-electron chi connectivity index (χ4n) is 3.00. The van der Waals surface area contributed by atoms with Crippen LogP contribution in [-0.2, 0) is 6.42 Å². The Bertz CT molecular complexity index is 1150. The first-order valence-electron chi connectivity index (χ1n) is 9.19. The van der Waals surface area contributed by atoms with Gasteiger partial charge in [0.25, 0.3) is 0 Å². The van der Waals surface area contributed by atoms with Crippen molar-refractivity contribution < 1.29 is 14.2 Å². The van der Waals surface area contributed by atoms with Gasteiger partial charge in [-0.15, -0.1) is 0 Å². The van der Waals surface area contributed by atoms with Crippen LogP contribution in [0.1, 0.15) is 12.6 Å². The van der Waals surface area contributed by atoms with Gasteiger partial charge in [-0.1, -0.05) is 6.92 Å². The zero-order valence-corrected chi connectivity index (χ0v) is 16.4. The van der Waals surface area contributed by atoms with Gasteiger partial charge in [0.05, 0.1) is 19.7 Å². The topological polar surface area (TPSA) is 79.2 Å². The molecule has 0 radical (unpaired) electrons. The summed E-state index contributed by atoms with van der Waals surface area (Å²) in [5, 5.41) is 0.796. The van der Waals surface area contributed by atoms with E-state index < -0.39 is 0 Å². The van der Waals surface area contributed by atoms with Gasteiger partial charge >= 0.3 is 0 Å². The number of hydrogen-bond acceptors (Lipinski definition) is 7. The van der Waals surface area contributed by atoms with Gasteiger partial charge < -0.3 is 14.2 Å². The molecule has 146 valence electrons. The minimum atomic E-state index is 0.510. The van der Waals surface area contributed by atoms with E-state index in [2.05, 4.69) is 26.9 Å². The molecule has 0 aliphatic carbocycles. The summed E-state index contributed by atoms with van der Waals surface area (Å²) >= 11 is 0. The molecule has 0 unspecified atom stereocenters. The van der Waals surface area contributed by atoms with Crippen molar-refractivity contribution >= 4 is 10.9 Å².